The van der Waals surface area contributed by atoms with Crippen LogP contribution < -0.4 is 15.4 Å². The van der Waals surface area contributed by atoms with Crippen molar-refractivity contribution in [2.45, 2.75) is 19.8 Å². The fraction of sp³-hybridized carbons (Fsp3) is 0.318. The molecular formula is C22H27FN4O2. The van der Waals surface area contributed by atoms with E-state index in [0.717, 1.165) is 47.4 Å². The van der Waals surface area contributed by atoms with Crippen LogP contribution in [0.2, 0.25) is 0 Å². The third-order valence-electron chi connectivity index (χ3n) is 4.68. The smallest absolute Gasteiger partial charge is 0.191 e. The van der Waals surface area contributed by atoms with Crippen LogP contribution in [0.15, 0.2) is 47.6 Å². The predicted molar refractivity (Wildman–Crippen MR) is 114 cm³/mol. The molecule has 0 aliphatic rings. The van der Waals surface area contributed by atoms with Crippen LogP contribution in [-0.4, -0.2) is 42.8 Å². The van der Waals surface area contributed by atoms with Crippen molar-refractivity contribution < 1.29 is 14.2 Å². The van der Waals surface area contributed by atoms with Gasteiger partial charge in [0.1, 0.15) is 5.82 Å². The number of methoxy groups -OCH3 is 1. The maximum absolute atomic E-state index is 13.5. The number of benzene rings is 2. The summed E-state index contributed by atoms with van der Waals surface area (Å²) in [4.78, 5) is 7.79. The Balaban J connectivity index is 1.56. The van der Waals surface area contributed by atoms with Gasteiger partial charge in [-0.1, -0.05) is 6.07 Å². The molecular weight excluding hydrogens is 371 g/mol. The van der Waals surface area contributed by atoms with Crippen LogP contribution in [0, 0.1) is 5.82 Å². The number of phenols is 1. The van der Waals surface area contributed by atoms with Crippen molar-refractivity contribution in [2.75, 3.05) is 26.7 Å². The zero-order chi connectivity index (χ0) is 20.6. The summed E-state index contributed by atoms with van der Waals surface area (Å²) in [6, 6.07) is 10.1. The molecule has 7 heteroatoms. The van der Waals surface area contributed by atoms with Crippen molar-refractivity contribution in [3.63, 3.8) is 0 Å². The number of aromatic amines is 1. The minimum atomic E-state index is -0.234. The first-order valence-corrected chi connectivity index (χ1v) is 9.74. The topological polar surface area (TPSA) is 81.7 Å². The first-order valence-electron chi connectivity index (χ1n) is 9.74. The number of hydrogen-bond donors (Lipinski definition) is 4. The lowest BCUT2D eigenvalue weighted by Gasteiger charge is -2.12. The highest BCUT2D eigenvalue weighted by Gasteiger charge is 2.06. The normalized spacial score (nSPS) is 11.6. The first kappa shape index (κ1) is 20.5. The Labute approximate surface area is 169 Å². The molecule has 4 N–H and O–H groups in total. The molecule has 29 heavy (non-hydrogen) atoms. The van der Waals surface area contributed by atoms with E-state index in [1.54, 1.807) is 18.2 Å². The molecule has 0 atom stereocenters. The number of halogens is 1. The lowest BCUT2D eigenvalue weighted by atomic mass is 10.1. The molecule has 0 saturated heterocycles. The van der Waals surface area contributed by atoms with E-state index < -0.39 is 0 Å². The summed E-state index contributed by atoms with van der Waals surface area (Å²) in [5.41, 5.74) is 3.04. The Bertz CT molecular complexity index is 984. The Hall–Kier alpha value is -3.22. The summed E-state index contributed by atoms with van der Waals surface area (Å²) in [5.74, 6) is 1.11. The van der Waals surface area contributed by atoms with Gasteiger partial charge in [-0.3, -0.25) is 4.99 Å². The fourth-order valence-corrected chi connectivity index (χ4v) is 3.19. The summed E-state index contributed by atoms with van der Waals surface area (Å²) < 4.78 is 18.7. The maximum atomic E-state index is 13.5. The molecule has 0 aliphatic heterocycles. The van der Waals surface area contributed by atoms with Crippen LogP contribution >= 0.6 is 0 Å². The lowest BCUT2D eigenvalue weighted by molar-refractivity contribution is 0.373. The van der Waals surface area contributed by atoms with Crippen LogP contribution in [0.25, 0.3) is 10.9 Å². The summed E-state index contributed by atoms with van der Waals surface area (Å²) in [5, 5.41) is 17.1. The standard InChI is InChI=1S/C22H27FN4O2/c1-3-24-22(25-10-8-15-4-7-20(28)21(12-15)29-2)26-11-9-16-14-27-19-6-5-17(23)13-18(16)19/h4-7,12-14,27-28H,3,8-11H2,1-2H3,(H2,24,25,26). The number of H-pyrrole nitrogens is 1. The van der Waals surface area contributed by atoms with Gasteiger partial charge in [-0.25, -0.2) is 4.39 Å². The number of aromatic hydroxyl groups is 1. The lowest BCUT2D eigenvalue weighted by Crippen LogP contribution is -2.38. The number of nitrogens with zero attached hydrogens (tertiary/aromatic N) is 1. The Morgan fingerprint density at radius 3 is 2.83 bits per heavy atom. The second-order valence-corrected chi connectivity index (χ2v) is 6.70. The van der Waals surface area contributed by atoms with Crippen molar-refractivity contribution in [3.8, 4) is 11.5 Å². The van der Waals surface area contributed by atoms with Crippen molar-refractivity contribution in [1.29, 1.82) is 0 Å². The summed E-state index contributed by atoms with van der Waals surface area (Å²) >= 11 is 0. The number of ether oxygens (including phenoxy) is 1. The van der Waals surface area contributed by atoms with E-state index in [1.807, 2.05) is 25.3 Å². The van der Waals surface area contributed by atoms with Crippen LogP contribution in [0.3, 0.4) is 0 Å². The first-order chi connectivity index (χ1) is 14.1. The van der Waals surface area contributed by atoms with Gasteiger partial charge in [0.2, 0.25) is 0 Å². The summed E-state index contributed by atoms with van der Waals surface area (Å²) in [6.45, 7) is 4.06. The van der Waals surface area contributed by atoms with Crippen LogP contribution in [0.1, 0.15) is 18.1 Å². The molecule has 0 saturated carbocycles. The average Bonchev–Trinajstić information content (AvgIpc) is 3.11. The predicted octanol–water partition coefficient (Wildman–Crippen LogP) is 3.36. The molecule has 3 rings (SSSR count). The van der Waals surface area contributed by atoms with Gasteiger partial charge in [0, 0.05) is 36.7 Å². The molecule has 0 bridgehead atoms. The van der Waals surface area contributed by atoms with Gasteiger partial charge in [-0.05, 0) is 61.2 Å². The third-order valence-corrected chi connectivity index (χ3v) is 4.68. The Kier molecular flexibility index (Phi) is 6.94. The molecule has 0 radical (unpaired) electrons. The molecule has 0 spiro atoms. The monoisotopic (exact) mass is 398 g/mol. The molecule has 0 unspecified atom stereocenters. The number of guanidine groups is 1. The van der Waals surface area contributed by atoms with E-state index in [4.69, 9.17) is 4.74 Å². The van der Waals surface area contributed by atoms with E-state index in [9.17, 15) is 9.50 Å². The highest BCUT2D eigenvalue weighted by Crippen LogP contribution is 2.26. The van der Waals surface area contributed by atoms with Gasteiger partial charge in [-0.15, -0.1) is 0 Å². The number of phenolic OH excluding ortho intramolecular Hbond substituents is 1. The number of rotatable bonds is 8. The van der Waals surface area contributed by atoms with Crippen molar-refractivity contribution >= 4 is 16.9 Å². The van der Waals surface area contributed by atoms with E-state index in [1.165, 1.54) is 13.2 Å². The van der Waals surface area contributed by atoms with E-state index in [-0.39, 0.29) is 11.6 Å². The number of fused-ring (bicyclic) bond motifs is 1. The van der Waals surface area contributed by atoms with E-state index >= 15 is 0 Å². The maximum Gasteiger partial charge on any atom is 0.191 e. The van der Waals surface area contributed by atoms with Gasteiger partial charge in [-0.2, -0.15) is 0 Å². The zero-order valence-corrected chi connectivity index (χ0v) is 16.8. The highest BCUT2D eigenvalue weighted by molar-refractivity contribution is 5.83. The van der Waals surface area contributed by atoms with Gasteiger partial charge in [0.05, 0.1) is 7.11 Å². The highest BCUT2D eigenvalue weighted by atomic mass is 19.1. The van der Waals surface area contributed by atoms with Crippen LogP contribution in [0.4, 0.5) is 4.39 Å². The van der Waals surface area contributed by atoms with Crippen LogP contribution in [-0.2, 0) is 12.8 Å². The largest absolute Gasteiger partial charge is 0.504 e. The fourth-order valence-electron chi connectivity index (χ4n) is 3.19. The molecule has 2 aromatic carbocycles. The molecule has 0 aliphatic carbocycles. The zero-order valence-electron chi connectivity index (χ0n) is 16.8. The Morgan fingerprint density at radius 1 is 1.17 bits per heavy atom. The minimum absolute atomic E-state index is 0.135. The number of aliphatic imine (C=N–C) groups is 1. The molecule has 3 aromatic rings. The second kappa shape index (κ2) is 9.82. The van der Waals surface area contributed by atoms with Gasteiger partial charge >= 0.3 is 0 Å². The molecule has 0 fully saturated rings. The average molecular weight is 398 g/mol. The molecule has 1 heterocycles. The summed E-state index contributed by atoms with van der Waals surface area (Å²) in [7, 11) is 1.54. The van der Waals surface area contributed by atoms with Crippen molar-refractivity contribution in [3.05, 3.63) is 59.5 Å². The van der Waals surface area contributed by atoms with Gasteiger partial charge < -0.3 is 25.5 Å². The molecule has 1 aromatic heterocycles. The number of aromatic nitrogens is 1. The second-order valence-electron chi connectivity index (χ2n) is 6.70. The minimum Gasteiger partial charge on any atom is -0.504 e. The summed E-state index contributed by atoms with van der Waals surface area (Å²) in [6.07, 6.45) is 3.40. The SMILES string of the molecule is CCNC(=NCCc1c[nH]c2ccc(F)cc12)NCCc1ccc(O)c(OC)c1. The van der Waals surface area contributed by atoms with Crippen molar-refractivity contribution in [1.82, 2.24) is 15.6 Å². The van der Waals surface area contributed by atoms with Crippen molar-refractivity contribution in [2.24, 2.45) is 4.99 Å². The quantitative estimate of drug-likeness (QED) is 0.346. The number of nitrogens with one attached hydrogen (secondary N) is 3. The van der Waals surface area contributed by atoms with Gasteiger partial charge in [0.15, 0.2) is 17.5 Å². The third kappa shape index (κ3) is 5.40. The van der Waals surface area contributed by atoms with E-state index in [0.29, 0.717) is 18.8 Å². The number of hydrogen-bond acceptors (Lipinski definition) is 3. The molecule has 0 amide bonds. The Morgan fingerprint density at radius 2 is 2.03 bits per heavy atom. The molecule has 6 nitrogen and oxygen atoms in total. The van der Waals surface area contributed by atoms with E-state index in [2.05, 4.69) is 20.6 Å². The van der Waals surface area contributed by atoms with Crippen LogP contribution in [0.5, 0.6) is 11.5 Å². The molecule has 154 valence electrons. The van der Waals surface area contributed by atoms with Gasteiger partial charge in [0.25, 0.3) is 0 Å².